The first-order valence-corrected chi connectivity index (χ1v) is 15.6. The Labute approximate surface area is 268 Å². The summed E-state index contributed by atoms with van der Waals surface area (Å²) in [6.45, 7) is 11.2. The van der Waals surface area contributed by atoms with Gasteiger partial charge in [0.25, 0.3) is 0 Å². The van der Waals surface area contributed by atoms with Crippen LogP contribution in [0.1, 0.15) is 32.8 Å². The number of benzene rings is 2. The monoisotopic (exact) mass is 630 g/mol. The van der Waals surface area contributed by atoms with Gasteiger partial charge in [-0.05, 0) is 63.2 Å². The smallest absolute Gasteiger partial charge is 0.410 e. The molecule has 0 unspecified atom stereocenters. The Morgan fingerprint density at radius 2 is 1.83 bits per heavy atom. The van der Waals surface area contributed by atoms with Crippen LogP contribution in [0, 0.1) is 11.3 Å². The van der Waals surface area contributed by atoms with Gasteiger partial charge in [-0.15, -0.1) is 0 Å². The van der Waals surface area contributed by atoms with Gasteiger partial charge < -0.3 is 29.3 Å². The maximum atomic E-state index is 15.1. The number of alkyl halides is 1. The van der Waals surface area contributed by atoms with Gasteiger partial charge in [0.1, 0.15) is 29.9 Å². The van der Waals surface area contributed by atoms with Crippen LogP contribution in [0.2, 0.25) is 0 Å². The van der Waals surface area contributed by atoms with Gasteiger partial charge in [0.05, 0.1) is 31.4 Å². The lowest BCUT2D eigenvalue weighted by Gasteiger charge is -2.43. The van der Waals surface area contributed by atoms with Gasteiger partial charge in [-0.25, -0.2) is 19.2 Å². The summed E-state index contributed by atoms with van der Waals surface area (Å²) >= 11 is 0. The number of likely N-dealkylation sites (tertiary alicyclic amines) is 1. The third-order valence-corrected chi connectivity index (χ3v) is 8.28. The zero-order chi connectivity index (χ0) is 32.3. The highest BCUT2D eigenvalue weighted by atomic mass is 19.1. The highest BCUT2D eigenvalue weighted by Gasteiger charge is 2.35. The number of piperazine rings is 1. The van der Waals surface area contributed by atoms with E-state index in [2.05, 4.69) is 48.3 Å². The molecule has 3 fully saturated rings. The van der Waals surface area contributed by atoms with Crippen molar-refractivity contribution in [2.75, 3.05) is 62.7 Å². The van der Waals surface area contributed by atoms with E-state index in [1.165, 1.54) is 16.9 Å². The lowest BCUT2D eigenvalue weighted by atomic mass is 10.1. The van der Waals surface area contributed by atoms with Crippen LogP contribution in [0.3, 0.4) is 0 Å². The summed E-state index contributed by atoms with van der Waals surface area (Å²) in [7, 11) is 0. The zero-order valence-electron chi connectivity index (χ0n) is 26.4. The third-order valence-electron chi connectivity index (χ3n) is 8.28. The molecule has 2 aromatic carbocycles. The maximum absolute atomic E-state index is 15.1. The number of hydrogen-bond donors (Lipinski definition) is 1. The van der Waals surface area contributed by atoms with E-state index in [-0.39, 0.29) is 30.8 Å². The summed E-state index contributed by atoms with van der Waals surface area (Å²) in [4.78, 5) is 31.7. The summed E-state index contributed by atoms with van der Waals surface area (Å²) in [6.07, 6.45) is -1.11. The predicted octanol–water partition coefficient (Wildman–Crippen LogP) is 4.40. The number of hydrogen-bond acceptors (Lipinski definition) is 11. The van der Waals surface area contributed by atoms with Crippen molar-refractivity contribution in [2.24, 2.45) is 0 Å². The van der Waals surface area contributed by atoms with E-state index in [1.54, 1.807) is 39.0 Å². The fraction of sp³-hybridized carbons (Fsp3) is 0.485. The molecule has 0 spiro atoms. The largest absolute Gasteiger partial charge is 0.486 e. The van der Waals surface area contributed by atoms with Crippen molar-refractivity contribution in [3.05, 3.63) is 54.4 Å². The molecule has 46 heavy (non-hydrogen) atoms. The van der Waals surface area contributed by atoms with Crippen LogP contribution >= 0.6 is 0 Å². The summed E-state index contributed by atoms with van der Waals surface area (Å²) < 4.78 is 31.7. The van der Waals surface area contributed by atoms with Gasteiger partial charge in [0, 0.05) is 56.1 Å². The summed E-state index contributed by atoms with van der Waals surface area (Å²) in [5.41, 5.74) is 2.17. The molecule has 242 valence electrons. The van der Waals surface area contributed by atoms with E-state index < -0.39 is 24.0 Å². The number of anilines is 3. The molecule has 0 bridgehead atoms. The second-order valence-corrected chi connectivity index (χ2v) is 12.7. The van der Waals surface area contributed by atoms with Crippen LogP contribution in [0.15, 0.2) is 48.8 Å². The fourth-order valence-electron chi connectivity index (χ4n) is 5.69. The van der Waals surface area contributed by atoms with E-state index in [4.69, 9.17) is 14.2 Å². The quantitative estimate of drug-likeness (QED) is 0.399. The van der Waals surface area contributed by atoms with E-state index in [0.29, 0.717) is 23.4 Å². The first-order valence-electron chi connectivity index (χ1n) is 15.6. The molecule has 3 aliphatic heterocycles. The van der Waals surface area contributed by atoms with Crippen molar-refractivity contribution in [1.82, 2.24) is 24.8 Å². The first kappa shape index (κ1) is 31.4. The Balaban J connectivity index is 1.06. The topological polar surface area (TPSA) is 129 Å². The molecular weight excluding hydrogens is 591 g/mol. The lowest BCUT2D eigenvalue weighted by molar-refractivity contribution is -0.0660. The molecule has 1 aromatic heterocycles. The molecule has 1 N–H and O–H groups in total. The molecule has 0 radical (unpaired) electrons. The predicted molar refractivity (Wildman–Crippen MR) is 170 cm³/mol. The molecule has 0 aliphatic carbocycles. The van der Waals surface area contributed by atoms with Gasteiger partial charge in [-0.2, -0.15) is 10.2 Å². The maximum Gasteiger partial charge on any atom is 0.410 e. The normalized spacial score (nSPS) is 20.8. The van der Waals surface area contributed by atoms with Crippen molar-refractivity contribution in [3.8, 4) is 23.2 Å². The molecule has 1 amide bonds. The number of nitrogens with one attached hydrogen (secondary N) is 1. The number of amides is 1. The van der Waals surface area contributed by atoms with Crippen molar-refractivity contribution in [1.29, 1.82) is 5.26 Å². The lowest BCUT2D eigenvalue weighted by Crippen LogP contribution is -2.56. The first-order chi connectivity index (χ1) is 22.1. The second-order valence-electron chi connectivity index (χ2n) is 12.7. The molecule has 4 heterocycles. The molecule has 12 nitrogen and oxygen atoms in total. The minimum Gasteiger partial charge on any atom is -0.486 e. The molecule has 2 atom stereocenters. The number of aromatic nitrogens is 3. The number of nitrogens with zero attached hydrogens (tertiary/aromatic N) is 7. The van der Waals surface area contributed by atoms with E-state index >= 15 is 4.39 Å². The van der Waals surface area contributed by atoms with E-state index in [9.17, 15) is 10.1 Å². The standard InChI is InChI=1S/C33H39FN8O4/c1-33(2,3)46-32(43)42-11-10-29(27(34)18-42)45-28-9-4-22(16-23(28)17-35)30-36-21-37-31(39-30)38-24-5-7-25(8-6-24)40-12-14-41(15-13-40)26-19-44-20-26/h4-9,16,21,26-27,29H,10-15,18-20H2,1-3H3,(H,36,37,38,39)/t27-,29-/m1/s1. The minimum atomic E-state index is -1.43. The van der Waals surface area contributed by atoms with Crippen molar-refractivity contribution in [2.45, 2.75) is 51.1 Å². The fourth-order valence-corrected chi connectivity index (χ4v) is 5.69. The van der Waals surface area contributed by atoms with Crippen LogP contribution in [0.5, 0.6) is 5.75 Å². The van der Waals surface area contributed by atoms with E-state index in [0.717, 1.165) is 45.1 Å². The van der Waals surface area contributed by atoms with Crippen LogP contribution in [-0.4, -0.2) is 107 Å². The molecule has 3 aliphatic rings. The molecule has 0 saturated carbocycles. The Hall–Kier alpha value is -4.54. The van der Waals surface area contributed by atoms with Gasteiger partial charge >= 0.3 is 6.09 Å². The second kappa shape index (κ2) is 13.4. The SMILES string of the molecule is CC(C)(C)OC(=O)N1CC[C@@H](Oc2ccc(-c3ncnc(Nc4ccc(N5CCN(C6COC6)CC5)cc4)n3)cc2C#N)[C@H](F)C1. The minimum absolute atomic E-state index is 0.142. The number of carbonyl (C=O) groups excluding carboxylic acids is 1. The van der Waals surface area contributed by atoms with Crippen LogP contribution in [-0.2, 0) is 9.47 Å². The Morgan fingerprint density at radius 3 is 2.48 bits per heavy atom. The summed E-state index contributed by atoms with van der Waals surface area (Å²) in [5.74, 6) is 1.00. The van der Waals surface area contributed by atoms with Gasteiger partial charge in [0.2, 0.25) is 5.95 Å². The van der Waals surface area contributed by atoms with Crippen LogP contribution < -0.4 is 15.0 Å². The summed E-state index contributed by atoms with van der Waals surface area (Å²) in [5, 5.41) is 13.1. The average Bonchev–Trinajstić information content (AvgIpc) is 3.01. The van der Waals surface area contributed by atoms with Gasteiger partial charge in [0.15, 0.2) is 12.0 Å². The Bertz CT molecular complexity index is 1570. The van der Waals surface area contributed by atoms with Crippen LogP contribution in [0.25, 0.3) is 11.4 Å². The number of halogens is 1. The number of rotatable bonds is 7. The molecule has 3 saturated heterocycles. The molecule has 3 aromatic rings. The van der Waals surface area contributed by atoms with Crippen molar-refractivity contribution < 1.29 is 23.4 Å². The molecular formula is C33H39FN8O4. The number of nitriles is 1. The molecule has 13 heteroatoms. The number of piperidine rings is 1. The average molecular weight is 631 g/mol. The zero-order valence-corrected chi connectivity index (χ0v) is 26.4. The number of carbonyl (C=O) groups is 1. The van der Waals surface area contributed by atoms with Gasteiger partial charge in [-0.3, -0.25) is 4.90 Å². The van der Waals surface area contributed by atoms with Crippen LogP contribution in [0.4, 0.5) is 26.5 Å². The van der Waals surface area contributed by atoms with E-state index in [1.807, 2.05) is 12.1 Å². The van der Waals surface area contributed by atoms with Crippen molar-refractivity contribution >= 4 is 23.4 Å². The summed E-state index contributed by atoms with van der Waals surface area (Å²) in [6, 6.07) is 15.9. The third kappa shape index (κ3) is 7.46. The number of ether oxygens (including phenoxy) is 3. The van der Waals surface area contributed by atoms with Crippen molar-refractivity contribution in [3.63, 3.8) is 0 Å². The van der Waals surface area contributed by atoms with Gasteiger partial charge in [-0.1, -0.05) is 0 Å². The Kier molecular flexibility index (Phi) is 9.19. The highest BCUT2D eigenvalue weighted by molar-refractivity contribution is 5.68. The highest BCUT2D eigenvalue weighted by Crippen LogP contribution is 2.29. The molecule has 6 rings (SSSR count). The Morgan fingerprint density at radius 1 is 1.07 bits per heavy atom.